The van der Waals surface area contributed by atoms with Crippen molar-refractivity contribution in [1.82, 2.24) is 14.8 Å². The molecule has 27 heavy (non-hydrogen) atoms. The molecule has 2 atom stereocenters. The van der Waals surface area contributed by atoms with Crippen molar-refractivity contribution in [2.75, 3.05) is 26.3 Å². The standard InChI is InChI=1S/C20H21N3O4/c24-20-23(11-15-3-1-2-6-21-15)16-12-22(13-19(16)27-20)10-14-4-5-17-18(9-14)26-8-7-25-17/h1-6,9,16,19H,7-8,10-13H2/t16-,19+/m0/s1. The quantitative estimate of drug-likeness (QED) is 0.824. The zero-order valence-electron chi connectivity index (χ0n) is 14.9. The first-order valence-corrected chi connectivity index (χ1v) is 9.24. The maximum absolute atomic E-state index is 12.2. The molecule has 4 heterocycles. The molecule has 0 bridgehead atoms. The van der Waals surface area contributed by atoms with Crippen molar-refractivity contribution in [3.63, 3.8) is 0 Å². The van der Waals surface area contributed by atoms with Crippen LogP contribution in [0, 0.1) is 0 Å². The van der Waals surface area contributed by atoms with Crippen LogP contribution in [-0.2, 0) is 17.8 Å². The monoisotopic (exact) mass is 367 g/mol. The van der Waals surface area contributed by atoms with Crippen LogP contribution in [0.1, 0.15) is 11.3 Å². The molecule has 3 aliphatic heterocycles. The van der Waals surface area contributed by atoms with Crippen molar-refractivity contribution in [2.45, 2.75) is 25.2 Å². The molecule has 2 saturated heterocycles. The smallest absolute Gasteiger partial charge is 0.410 e. The fraction of sp³-hybridized carbons (Fsp3) is 0.400. The largest absolute Gasteiger partial charge is 0.486 e. The van der Waals surface area contributed by atoms with E-state index in [0.717, 1.165) is 36.8 Å². The van der Waals surface area contributed by atoms with Crippen LogP contribution in [0.4, 0.5) is 4.79 Å². The molecule has 1 amide bonds. The second kappa shape index (κ2) is 6.74. The van der Waals surface area contributed by atoms with Crippen LogP contribution in [0.3, 0.4) is 0 Å². The van der Waals surface area contributed by atoms with Crippen LogP contribution < -0.4 is 9.47 Å². The Kier molecular flexibility index (Phi) is 4.09. The SMILES string of the molecule is O=C1O[C@@H]2CN(Cc3ccc4c(c3)OCCO4)C[C@@H]2N1Cc1ccccn1. The number of hydrogen-bond acceptors (Lipinski definition) is 6. The van der Waals surface area contributed by atoms with Crippen molar-refractivity contribution >= 4 is 6.09 Å². The lowest BCUT2D eigenvalue weighted by molar-refractivity contribution is 0.119. The van der Waals surface area contributed by atoms with Crippen LogP contribution in [-0.4, -0.2) is 59.3 Å². The Labute approximate surface area is 157 Å². The number of aromatic nitrogens is 1. The summed E-state index contributed by atoms with van der Waals surface area (Å²) in [6.07, 6.45) is 1.42. The molecule has 1 aromatic heterocycles. The van der Waals surface area contributed by atoms with Crippen LogP contribution in [0.25, 0.3) is 0 Å². The van der Waals surface area contributed by atoms with Gasteiger partial charge >= 0.3 is 6.09 Å². The van der Waals surface area contributed by atoms with Crippen molar-refractivity contribution < 1.29 is 19.0 Å². The fourth-order valence-corrected chi connectivity index (χ4v) is 4.00. The average Bonchev–Trinajstić information content (AvgIpc) is 3.20. The van der Waals surface area contributed by atoms with Gasteiger partial charge in [-0.1, -0.05) is 12.1 Å². The van der Waals surface area contributed by atoms with E-state index in [0.29, 0.717) is 19.8 Å². The van der Waals surface area contributed by atoms with Gasteiger partial charge in [0, 0.05) is 25.8 Å². The first kappa shape index (κ1) is 16.4. The second-order valence-electron chi connectivity index (χ2n) is 7.11. The number of likely N-dealkylation sites (tertiary alicyclic amines) is 1. The summed E-state index contributed by atoms with van der Waals surface area (Å²) in [5, 5.41) is 0. The third-order valence-corrected chi connectivity index (χ3v) is 5.27. The van der Waals surface area contributed by atoms with Gasteiger partial charge in [0.15, 0.2) is 11.5 Å². The predicted molar refractivity (Wildman–Crippen MR) is 96.5 cm³/mol. The predicted octanol–water partition coefficient (Wildman–Crippen LogP) is 2.06. The Morgan fingerprint density at radius 3 is 2.78 bits per heavy atom. The fourth-order valence-electron chi connectivity index (χ4n) is 4.00. The van der Waals surface area contributed by atoms with Crippen molar-refractivity contribution in [3.05, 3.63) is 53.9 Å². The van der Waals surface area contributed by atoms with E-state index in [1.807, 2.05) is 30.3 Å². The van der Waals surface area contributed by atoms with E-state index in [1.165, 1.54) is 5.56 Å². The summed E-state index contributed by atoms with van der Waals surface area (Å²) in [5.74, 6) is 1.61. The molecule has 0 unspecified atom stereocenters. The molecule has 7 heteroatoms. The Morgan fingerprint density at radius 2 is 1.93 bits per heavy atom. The first-order chi connectivity index (χ1) is 13.3. The number of pyridine rings is 1. The number of carbonyl (C=O) groups is 1. The van der Waals surface area contributed by atoms with Gasteiger partial charge in [0.05, 0.1) is 18.3 Å². The van der Waals surface area contributed by atoms with E-state index in [-0.39, 0.29) is 18.2 Å². The number of benzene rings is 1. The van der Waals surface area contributed by atoms with Gasteiger partial charge in [0.2, 0.25) is 0 Å². The molecule has 3 aliphatic rings. The molecule has 5 rings (SSSR count). The number of rotatable bonds is 4. The van der Waals surface area contributed by atoms with Gasteiger partial charge < -0.3 is 14.2 Å². The Bertz CT molecular complexity index is 844. The number of fused-ring (bicyclic) bond motifs is 2. The molecule has 0 aliphatic carbocycles. The highest BCUT2D eigenvalue weighted by molar-refractivity contribution is 5.71. The first-order valence-electron chi connectivity index (χ1n) is 9.24. The van der Waals surface area contributed by atoms with Crippen molar-refractivity contribution in [3.8, 4) is 11.5 Å². The Balaban J connectivity index is 1.26. The maximum atomic E-state index is 12.2. The summed E-state index contributed by atoms with van der Waals surface area (Å²) in [7, 11) is 0. The van der Waals surface area contributed by atoms with E-state index >= 15 is 0 Å². The van der Waals surface area contributed by atoms with E-state index in [1.54, 1.807) is 11.1 Å². The maximum Gasteiger partial charge on any atom is 0.410 e. The van der Waals surface area contributed by atoms with Gasteiger partial charge in [0.1, 0.15) is 19.3 Å². The average molecular weight is 367 g/mol. The molecular formula is C20H21N3O4. The van der Waals surface area contributed by atoms with Crippen LogP contribution in [0.15, 0.2) is 42.6 Å². The Morgan fingerprint density at radius 1 is 1.04 bits per heavy atom. The van der Waals surface area contributed by atoms with Gasteiger partial charge in [-0.15, -0.1) is 0 Å². The number of nitrogens with zero attached hydrogens (tertiary/aromatic N) is 3. The summed E-state index contributed by atoms with van der Waals surface area (Å²) in [5.41, 5.74) is 2.04. The topological polar surface area (TPSA) is 64.1 Å². The normalized spacial score (nSPS) is 24.0. The zero-order valence-corrected chi connectivity index (χ0v) is 14.9. The summed E-state index contributed by atoms with van der Waals surface area (Å²) in [6.45, 7) is 3.99. The summed E-state index contributed by atoms with van der Waals surface area (Å²) >= 11 is 0. The van der Waals surface area contributed by atoms with Gasteiger partial charge in [-0.3, -0.25) is 14.8 Å². The molecule has 2 fully saturated rings. The van der Waals surface area contributed by atoms with Gasteiger partial charge in [-0.2, -0.15) is 0 Å². The number of ether oxygens (including phenoxy) is 3. The molecule has 7 nitrogen and oxygen atoms in total. The Hall–Kier alpha value is -2.80. The lowest BCUT2D eigenvalue weighted by Gasteiger charge is -2.23. The van der Waals surface area contributed by atoms with Crippen molar-refractivity contribution in [1.29, 1.82) is 0 Å². The lowest BCUT2D eigenvalue weighted by Crippen LogP contribution is -2.37. The van der Waals surface area contributed by atoms with E-state index in [2.05, 4.69) is 16.0 Å². The number of amides is 1. The molecule has 140 valence electrons. The van der Waals surface area contributed by atoms with E-state index < -0.39 is 0 Å². The third kappa shape index (κ3) is 3.19. The third-order valence-electron chi connectivity index (χ3n) is 5.27. The molecule has 1 aromatic carbocycles. The highest BCUT2D eigenvalue weighted by Crippen LogP contribution is 2.33. The summed E-state index contributed by atoms with van der Waals surface area (Å²) < 4.78 is 16.9. The summed E-state index contributed by atoms with van der Waals surface area (Å²) in [4.78, 5) is 20.7. The minimum Gasteiger partial charge on any atom is -0.486 e. The molecule has 0 saturated carbocycles. The van der Waals surface area contributed by atoms with Gasteiger partial charge in [-0.05, 0) is 29.8 Å². The van der Waals surface area contributed by atoms with Crippen LogP contribution in [0.2, 0.25) is 0 Å². The van der Waals surface area contributed by atoms with E-state index in [9.17, 15) is 4.79 Å². The highest BCUT2D eigenvalue weighted by Gasteiger charge is 2.47. The summed E-state index contributed by atoms with van der Waals surface area (Å²) in [6, 6.07) is 11.9. The van der Waals surface area contributed by atoms with Crippen LogP contribution >= 0.6 is 0 Å². The van der Waals surface area contributed by atoms with E-state index in [4.69, 9.17) is 14.2 Å². The zero-order chi connectivity index (χ0) is 18.2. The molecular weight excluding hydrogens is 346 g/mol. The molecule has 0 radical (unpaired) electrons. The minimum absolute atomic E-state index is 0.0664. The number of carbonyl (C=O) groups excluding carboxylic acids is 1. The van der Waals surface area contributed by atoms with Gasteiger partial charge in [0.25, 0.3) is 0 Å². The molecule has 2 aromatic rings. The lowest BCUT2D eigenvalue weighted by atomic mass is 10.2. The minimum atomic E-state index is -0.241. The molecule has 0 N–H and O–H groups in total. The van der Waals surface area contributed by atoms with Crippen LogP contribution in [0.5, 0.6) is 11.5 Å². The second-order valence-corrected chi connectivity index (χ2v) is 7.11. The van der Waals surface area contributed by atoms with Crippen molar-refractivity contribution in [2.24, 2.45) is 0 Å². The number of hydrogen-bond donors (Lipinski definition) is 0. The highest BCUT2D eigenvalue weighted by atomic mass is 16.6. The molecule has 0 spiro atoms. The van der Waals surface area contributed by atoms with Gasteiger partial charge in [-0.25, -0.2) is 4.79 Å².